The van der Waals surface area contributed by atoms with E-state index in [9.17, 15) is 18.5 Å². The topological polar surface area (TPSA) is 95.1 Å². The normalized spacial score (nSPS) is 12.0. The van der Waals surface area contributed by atoms with Gasteiger partial charge in [0.25, 0.3) is 9.05 Å². The third kappa shape index (κ3) is 2.95. The van der Waals surface area contributed by atoms with Gasteiger partial charge in [0.1, 0.15) is 0 Å². The van der Waals surface area contributed by atoms with Crippen LogP contribution < -0.4 is 0 Å². The van der Waals surface area contributed by atoms with Crippen LogP contribution in [0, 0.1) is 10.1 Å². The summed E-state index contributed by atoms with van der Waals surface area (Å²) in [7, 11) is 0.966. The summed E-state index contributed by atoms with van der Waals surface area (Å²) >= 11 is 0. The van der Waals surface area contributed by atoms with E-state index >= 15 is 0 Å². The smallest absolute Gasteiger partial charge is 0.358 e. The van der Waals surface area contributed by atoms with Gasteiger partial charge < -0.3 is 10.1 Å². The molecule has 0 aliphatic carbocycles. The Kier molecular flexibility index (Phi) is 4.10. The second-order valence-electron chi connectivity index (χ2n) is 3.46. The molecular weight excluding hydrogens is 270 g/mol. The molecule has 17 heavy (non-hydrogen) atoms. The molecule has 0 atom stereocenters. The molecular formula is C8H12ClN3O4S. The van der Waals surface area contributed by atoms with Crippen LogP contribution in [0.5, 0.6) is 0 Å². The van der Waals surface area contributed by atoms with Crippen molar-refractivity contribution in [3.05, 3.63) is 16.3 Å². The first-order chi connectivity index (χ1) is 7.81. The van der Waals surface area contributed by atoms with E-state index in [-0.39, 0.29) is 6.04 Å². The Morgan fingerprint density at radius 2 is 2.06 bits per heavy atom. The fraction of sp³-hybridized carbons (Fsp3) is 0.625. The van der Waals surface area contributed by atoms with Crippen LogP contribution in [-0.4, -0.2) is 23.1 Å². The molecule has 0 saturated carbocycles. The average Bonchev–Trinajstić information content (AvgIpc) is 2.64. The number of aromatic nitrogens is 2. The highest BCUT2D eigenvalue weighted by Crippen LogP contribution is 2.27. The Balaban J connectivity index is 3.36. The second-order valence-corrected chi connectivity index (χ2v) is 6.00. The van der Waals surface area contributed by atoms with Crippen LogP contribution in [0.25, 0.3) is 0 Å². The van der Waals surface area contributed by atoms with Gasteiger partial charge in [0.2, 0.25) is 4.90 Å². The molecule has 0 bridgehead atoms. The van der Waals surface area contributed by atoms with E-state index in [2.05, 4.69) is 5.10 Å². The summed E-state index contributed by atoms with van der Waals surface area (Å²) in [4.78, 5) is 9.28. The van der Waals surface area contributed by atoms with Crippen molar-refractivity contribution in [2.75, 3.05) is 0 Å². The quantitative estimate of drug-likeness (QED) is 0.468. The zero-order valence-electron chi connectivity index (χ0n) is 9.33. The predicted molar refractivity (Wildman–Crippen MR) is 61.5 cm³/mol. The standard InChI is InChI=1S/C8H12ClN3O4S/c1-3-6(4-2)11-5-7(17(9,15)16)8(10-11)12(13)14/h5-6H,3-4H2,1-2H3. The molecule has 0 saturated heterocycles. The van der Waals surface area contributed by atoms with Crippen molar-refractivity contribution in [3.63, 3.8) is 0 Å². The molecule has 1 heterocycles. The molecule has 96 valence electrons. The Morgan fingerprint density at radius 3 is 2.35 bits per heavy atom. The van der Waals surface area contributed by atoms with E-state index in [1.807, 2.05) is 13.8 Å². The molecule has 0 aliphatic rings. The van der Waals surface area contributed by atoms with Crippen molar-refractivity contribution in [1.29, 1.82) is 0 Å². The summed E-state index contributed by atoms with van der Waals surface area (Å²) < 4.78 is 23.6. The number of rotatable bonds is 5. The lowest BCUT2D eigenvalue weighted by Gasteiger charge is -2.07. The molecule has 1 aromatic heterocycles. The van der Waals surface area contributed by atoms with Crippen molar-refractivity contribution < 1.29 is 13.3 Å². The van der Waals surface area contributed by atoms with Crippen molar-refractivity contribution in [2.24, 2.45) is 0 Å². The van der Waals surface area contributed by atoms with Crippen LogP contribution in [0.4, 0.5) is 5.82 Å². The molecule has 0 N–H and O–H groups in total. The fourth-order valence-electron chi connectivity index (χ4n) is 1.51. The maximum Gasteiger partial charge on any atom is 0.410 e. The second kappa shape index (κ2) is 5.01. The minimum absolute atomic E-state index is 0.0825. The van der Waals surface area contributed by atoms with E-state index in [0.29, 0.717) is 12.8 Å². The molecule has 7 nitrogen and oxygen atoms in total. The van der Waals surface area contributed by atoms with Gasteiger partial charge in [-0.05, 0) is 17.8 Å². The highest BCUT2D eigenvalue weighted by Gasteiger charge is 2.31. The third-order valence-electron chi connectivity index (χ3n) is 2.43. The van der Waals surface area contributed by atoms with Crippen LogP contribution >= 0.6 is 10.7 Å². The number of hydrogen-bond acceptors (Lipinski definition) is 5. The summed E-state index contributed by atoms with van der Waals surface area (Å²) in [5, 5.41) is 14.4. The van der Waals surface area contributed by atoms with Crippen molar-refractivity contribution >= 4 is 25.6 Å². The lowest BCUT2D eigenvalue weighted by Crippen LogP contribution is -2.07. The van der Waals surface area contributed by atoms with Crippen LogP contribution in [0.15, 0.2) is 11.1 Å². The zero-order valence-corrected chi connectivity index (χ0v) is 10.9. The summed E-state index contributed by atoms with van der Waals surface area (Å²) in [6.07, 6.45) is 2.49. The van der Waals surface area contributed by atoms with Crippen LogP contribution in [0.2, 0.25) is 0 Å². The average molecular weight is 282 g/mol. The van der Waals surface area contributed by atoms with E-state index in [4.69, 9.17) is 10.7 Å². The van der Waals surface area contributed by atoms with E-state index in [1.165, 1.54) is 4.68 Å². The van der Waals surface area contributed by atoms with Gasteiger partial charge in [-0.15, -0.1) is 0 Å². The first-order valence-electron chi connectivity index (χ1n) is 4.99. The van der Waals surface area contributed by atoms with Gasteiger partial charge in [0.15, 0.2) is 0 Å². The van der Waals surface area contributed by atoms with E-state index in [1.54, 1.807) is 0 Å². The van der Waals surface area contributed by atoms with Crippen molar-refractivity contribution in [1.82, 2.24) is 9.78 Å². The summed E-state index contributed by atoms with van der Waals surface area (Å²) in [5.74, 6) is -0.730. The maximum atomic E-state index is 11.2. The van der Waals surface area contributed by atoms with Gasteiger partial charge >= 0.3 is 5.82 Å². The van der Waals surface area contributed by atoms with Gasteiger partial charge in [-0.25, -0.2) is 8.42 Å². The summed E-state index contributed by atoms with van der Waals surface area (Å²) in [6.45, 7) is 3.77. The molecule has 0 aliphatic heterocycles. The molecule has 9 heteroatoms. The molecule has 0 fully saturated rings. The van der Waals surface area contributed by atoms with Crippen molar-refractivity contribution in [2.45, 2.75) is 37.6 Å². The van der Waals surface area contributed by atoms with Gasteiger partial charge in [-0.2, -0.15) is 4.68 Å². The largest absolute Gasteiger partial charge is 0.410 e. The van der Waals surface area contributed by atoms with Crippen LogP contribution in [0.3, 0.4) is 0 Å². The summed E-state index contributed by atoms with van der Waals surface area (Å²) in [6, 6.07) is -0.0825. The van der Waals surface area contributed by atoms with Gasteiger partial charge in [0, 0.05) is 10.7 Å². The van der Waals surface area contributed by atoms with Crippen LogP contribution in [-0.2, 0) is 9.05 Å². The van der Waals surface area contributed by atoms with Crippen LogP contribution in [0.1, 0.15) is 32.7 Å². The molecule has 0 unspecified atom stereocenters. The van der Waals surface area contributed by atoms with Gasteiger partial charge in [-0.1, -0.05) is 13.8 Å². The number of nitro groups is 1. The SMILES string of the molecule is CCC(CC)n1cc(S(=O)(=O)Cl)c([N+](=O)[O-])n1. The molecule has 0 amide bonds. The Morgan fingerprint density at radius 1 is 1.53 bits per heavy atom. The lowest BCUT2D eigenvalue weighted by atomic mass is 10.2. The molecule has 0 radical (unpaired) electrons. The molecule has 0 aromatic carbocycles. The number of hydrogen-bond donors (Lipinski definition) is 0. The Hall–Kier alpha value is -1.15. The number of nitrogens with zero attached hydrogens (tertiary/aromatic N) is 3. The maximum absolute atomic E-state index is 11.2. The first-order valence-corrected chi connectivity index (χ1v) is 7.30. The first kappa shape index (κ1) is 13.9. The Labute approximate surface area is 103 Å². The fourth-order valence-corrected chi connectivity index (χ4v) is 2.41. The zero-order chi connectivity index (χ0) is 13.2. The minimum atomic E-state index is -4.16. The monoisotopic (exact) mass is 281 g/mol. The van der Waals surface area contributed by atoms with E-state index < -0.39 is 24.7 Å². The molecule has 0 spiro atoms. The van der Waals surface area contributed by atoms with Crippen molar-refractivity contribution in [3.8, 4) is 0 Å². The third-order valence-corrected chi connectivity index (χ3v) is 3.74. The van der Waals surface area contributed by atoms with Gasteiger partial charge in [0.05, 0.1) is 17.3 Å². The minimum Gasteiger partial charge on any atom is -0.358 e. The molecule has 1 rings (SSSR count). The van der Waals surface area contributed by atoms with Gasteiger partial charge in [-0.3, -0.25) is 0 Å². The summed E-state index contributed by atoms with van der Waals surface area (Å²) in [5.41, 5.74) is 0. The highest BCUT2D eigenvalue weighted by atomic mass is 35.7. The van der Waals surface area contributed by atoms with E-state index in [0.717, 1.165) is 6.20 Å². The Bertz CT molecular complexity index is 521. The highest BCUT2D eigenvalue weighted by molar-refractivity contribution is 8.13. The number of halogens is 1. The lowest BCUT2D eigenvalue weighted by molar-refractivity contribution is -0.392. The molecule has 1 aromatic rings. The predicted octanol–water partition coefficient (Wildman–Crippen LogP) is 2.08.